The molecule has 25 heavy (non-hydrogen) atoms. The summed E-state index contributed by atoms with van der Waals surface area (Å²) in [7, 11) is 0. The zero-order chi connectivity index (χ0) is 17.8. The third-order valence-electron chi connectivity index (χ3n) is 4.02. The molecular weight excluding hydrogens is 339 g/mol. The highest BCUT2D eigenvalue weighted by atomic mass is 35.5. The van der Waals surface area contributed by atoms with Gasteiger partial charge in [-0.1, -0.05) is 41.9 Å². The number of hydrogen-bond acceptors (Lipinski definition) is 2. The number of amides is 1. The largest absolute Gasteiger partial charge is 0.369 e. The predicted molar refractivity (Wildman–Crippen MR) is 96.7 cm³/mol. The molecule has 126 valence electrons. The number of hydrogen-bond donors (Lipinski definition) is 1. The Morgan fingerprint density at radius 3 is 2.60 bits per heavy atom. The number of carbonyl (C=O) groups excluding carboxylic acids is 1. The second-order valence-corrected chi connectivity index (χ2v) is 6.21. The van der Waals surface area contributed by atoms with Crippen LogP contribution in [0.3, 0.4) is 0 Å². The van der Waals surface area contributed by atoms with Crippen molar-refractivity contribution in [1.82, 2.24) is 4.98 Å². The molecule has 0 aliphatic rings. The van der Waals surface area contributed by atoms with Gasteiger partial charge in [0.2, 0.25) is 5.91 Å². The number of nitrogens with zero attached hydrogens (tertiary/aromatic N) is 1. The first-order valence-electron chi connectivity index (χ1n) is 7.78. The number of pyridine rings is 1. The zero-order valence-electron chi connectivity index (χ0n) is 13.3. The average molecular weight is 355 g/mol. The minimum atomic E-state index is -0.470. The summed E-state index contributed by atoms with van der Waals surface area (Å²) in [4.78, 5) is 16.1. The van der Waals surface area contributed by atoms with Gasteiger partial charge in [0.15, 0.2) is 0 Å². The highest BCUT2D eigenvalue weighted by Crippen LogP contribution is 2.28. The Bertz CT molecular complexity index is 899. The molecule has 0 spiro atoms. The van der Waals surface area contributed by atoms with E-state index < -0.39 is 11.8 Å². The summed E-state index contributed by atoms with van der Waals surface area (Å²) in [6.07, 6.45) is 3.62. The van der Waals surface area contributed by atoms with E-state index in [1.54, 1.807) is 24.5 Å². The van der Waals surface area contributed by atoms with Crippen molar-refractivity contribution in [2.24, 2.45) is 5.73 Å². The maximum absolute atomic E-state index is 14.1. The lowest BCUT2D eigenvalue weighted by Crippen LogP contribution is -2.23. The number of nitrogens with two attached hydrogens (primary N) is 1. The van der Waals surface area contributed by atoms with Crippen LogP contribution < -0.4 is 5.73 Å². The lowest BCUT2D eigenvalue weighted by atomic mass is 9.91. The highest BCUT2D eigenvalue weighted by molar-refractivity contribution is 6.30. The van der Waals surface area contributed by atoms with Crippen molar-refractivity contribution in [1.29, 1.82) is 0 Å². The molecule has 5 heteroatoms. The summed E-state index contributed by atoms with van der Waals surface area (Å²) in [5, 5.41) is 0.445. The summed E-state index contributed by atoms with van der Waals surface area (Å²) < 4.78 is 14.1. The predicted octanol–water partition coefficient (Wildman–Crippen LogP) is 4.35. The molecule has 0 unspecified atom stereocenters. The first-order valence-corrected chi connectivity index (χ1v) is 8.16. The number of benzene rings is 2. The van der Waals surface area contributed by atoms with Crippen molar-refractivity contribution in [2.45, 2.75) is 12.3 Å². The Morgan fingerprint density at radius 1 is 1.12 bits per heavy atom. The van der Waals surface area contributed by atoms with Crippen LogP contribution >= 0.6 is 11.6 Å². The molecule has 0 fully saturated rings. The van der Waals surface area contributed by atoms with Gasteiger partial charge >= 0.3 is 0 Å². The highest BCUT2D eigenvalue weighted by Gasteiger charge is 2.19. The van der Waals surface area contributed by atoms with Crippen molar-refractivity contribution in [3.63, 3.8) is 0 Å². The first kappa shape index (κ1) is 17.1. The topological polar surface area (TPSA) is 56.0 Å². The second kappa shape index (κ2) is 7.45. The maximum atomic E-state index is 14.1. The number of rotatable bonds is 5. The SMILES string of the molecule is NC(=O)[C@H](Cc1cncc(-c2cc(Cl)ccc2F)c1)c1ccccc1. The van der Waals surface area contributed by atoms with Crippen molar-refractivity contribution in [2.75, 3.05) is 0 Å². The molecule has 0 saturated heterocycles. The Kier molecular flexibility index (Phi) is 5.10. The van der Waals surface area contributed by atoms with Crippen LogP contribution in [-0.4, -0.2) is 10.9 Å². The second-order valence-electron chi connectivity index (χ2n) is 5.78. The van der Waals surface area contributed by atoms with E-state index >= 15 is 0 Å². The van der Waals surface area contributed by atoms with E-state index in [0.717, 1.165) is 11.1 Å². The van der Waals surface area contributed by atoms with Crippen molar-refractivity contribution < 1.29 is 9.18 Å². The molecule has 3 rings (SSSR count). The molecule has 3 nitrogen and oxygen atoms in total. The first-order chi connectivity index (χ1) is 12.0. The van der Waals surface area contributed by atoms with E-state index in [9.17, 15) is 9.18 Å². The van der Waals surface area contributed by atoms with Gasteiger partial charge in [-0.05, 0) is 41.8 Å². The fraction of sp³-hybridized carbons (Fsp3) is 0.100. The van der Waals surface area contributed by atoms with Crippen LogP contribution in [-0.2, 0) is 11.2 Å². The van der Waals surface area contributed by atoms with E-state index in [1.807, 2.05) is 30.3 Å². The van der Waals surface area contributed by atoms with Crippen LogP contribution in [0.2, 0.25) is 5.02 Å². The maximum Gasteiger partial charge on any atom is 0.225 e. The van der Waals surface area contributed by atoms with Crippen LogP contribution in [0.5, 0.6) is 0 Å². The molecule has 1 amide bonds. The third kappa shape index (κ3) is 4.03. The van der Waals surface area contributed by atoms with Crippen LogP contribution in [0.15, 0.2) is 67.0 Å². The van der Waals surface area contributed by atoms with Gasteiger partial charge in [0.05, 0.1) is 5.92 Å². The Morgan fingerprint density at radius 2 is 1.88 bits per heavy atom. The van der Waals surface area contributed by atoms with Gasteiger partial charge in [-0.2, -0.15) is 0 Å². The monoisotopic (exact) mass is 354 g/mol. The average Bonchev–Trinajstić information content (AvgIpc) is 2.62. The summed E-state index contributed by atoms with van der Waals surface area (Å²) >= 11 is 5.96. The molecule has 1 atom stereocenters. The molecule has 3 aromatic rings. The van der Waals surface area contributed by atoms with Gasteiger partial charge < -0.3 is 5.73 Å². The fourth-order valence-corrected chi connectivity index (χ4v) is 2.94. The summed E-state index contributed by atoms with van der Waals surface area (Å²) in [5.41, 5.74) is 8.19. The van der Waals surface area contributed by atoms with E-state index in [0.29, 0.717) is 22.6 Å². The Hall–Kier alpha value is -2.72. The number of aromatic nitrogens is 1. The van der Waals surface area contributed by atoms with Crippen LogP contribution in [0.25, 0.3) is 11.1 Å². The smallest absolute Gasteiger partial charge is 0.225 e. The van der Waals surface area contributed by atoms with E-state index in [4.69, 9.17) is 17.3 Å². The molecule has 0 aliphatic carbocycles. The Labute approximate surface area is 150 Å². The van der Waals surface area contributed by atoms with Gasteiger partial charge in [-0.3, -0.25) is 9.78 Å². The Balaban J connectivity index is 1.93. The molecule has 0 saturated carbocycles. The standard InChI is InChI=1S/C20H16ClFN2O/c21-16-6-7-19(22)17(10-16)15-8-13(11-24-12-15)9-18(20(23)25)14-4-2-1-3-5-14/h1-8,10-12,18H,9H2,(H2,23,25)/t18-/m1/s1. The molecule has 2 N–H and O–H groups in total. The normalized spacial score (nSPS) is 11.9. The zero-order valence-corrected chi connectivity index (χ0v) is 14.1. The van der Waals surface area contributed by atoms with Crippen molar-refractivity contribution >= 4 is 17.5 Å². The lowest BCUT2D eigenvalue weighted by molar-refractivity contribution is -0.119. The minimum absolute atomic E-state index is 0.372. The van der Waals surface area contributed by atoms with E-state index in [-0.39, 0.29) is 5.82 Å². The molecule has 2 aromatic carbocycles. The van der Waals surface area contributed by atoms with Crippen LogP contribution in [0.4, 0.5) is 4.39 Å². The van der Waals surface area contributed by atoms with Gasteiger partial charge in [-0.15, -0.1) is 0 Å². The summed E-state index contributed by atoms with van der Waals surface area (Å²) in [6, 6.07) is 15.5. The molecule has 0 radical (unpaired) electrons. The van der Waals surface area contributed by atoms with Gasteiger partial charge in [0, 0.05) is 28.5 Å². The molecule has 1 aromatic heterocycles. The van der Waals surface area contributed by atoms with Gasteiger partial charge in [-0.25, -0.2) is 4.39 Å². The number of primary amides is 1. The van der Waals surface area contributed by atoms with E-state index in [1.165, 1.54) is 12.1 Å². The molecule has 1 heterocycles. The number of carbonyl (C=O) groups is 1. The molecule has 0 bridgehead atoms. The van der Waals surface area contributed by atoms with Crippen molar-refractivity contribution in [3.05, 3.63) is 89.0 Å². The van der Waals surface area contributed by atoms with Gasteiger partial charge in [0.25, 0.3) is 0 Å². The lowest BCUT2D eigenvalue weighted by Gasteiger charge is -2.14. The summed E-state index contributed by atoms with van der Waals surface area (Å²) in [6.45, 7) is 0. The van der Waals surface area contributed by atoms with Gasteiger partial charge in [0.1, 0.15) is 5.82 Å². The third-order valence-corrected chi connectivity index (χ3v) is 4.25. The number of halogens is 2. The van der Waals surface area contributed by atoms with Crippen LogP contribution in [0, 0.1) is 5.82 Å². The van der Waals surface area contributed by atoms with Crippen molar-refractivity contribution in [3.8, 4) is 11.1 Å². The summed E-state index contributed by atoms with van der Waals surface area (Å²) in [5.74, 6) is -1.26. The molecular formula is C20H16ClFN2O. The quantitative estimate of drug-likeness (QED) is 0.740. The fourth-order valence-electron chi connectivity index (χ4n) is 2.77. The molecule has 0 aliphatic heterocycles. The van der Waals surface area contributed by atoms with E-state index in [2.05, 4.69) is 4.98 Å². The van der Waals surface area contributed by atoms with Crippen LogP contribution in [0.1, 0.15) is 17.0 Å². The minimum Gasteiger partial charge on any atom is -0.369 e.